The molecule has 0 fully saturated rings. The normalized spacial score (nSPS) is 11.2. The molecule has 1 aromatic rings. The molecule has 0 aliphatic carbocycles. The molecule has 0 aromatic heterocycles. The number of nitrogens with one attached hydrogen (secondary N) is 1. The molecule has 1 rings (SSSR count). The summed E-state index contributed by atoms with van der Waals surface area (Å²) in [5.74, 6) is -0.982. The Hall–Kier alpha value is -1.62. The molecule has 0 radical (unpaired) electrons. The molecular formula is C12H11IN2O3. The van der Waals surface area contributed by atoms with Crippen LogP contribution in [0.5, 0.6) is 0 Å². The Labute approximate surface area is 118 Å². The van der Waals surface area contributed by atoms with E-state index in [1.807, 2.05) is 28.7 Å². The van der Waals surface area contributed by atoms with Gasteiger partial charge in [-0.3, -0.25) is 9.59 Å². The molecule has 94 valence electrons. The molecule has 0 heterocycles. The molecule has 6 heteroatoms. The van der Waals surface area contributed by atoms with Crippen LogP contribution in [0.4, 0.5) is 0 Å². The maximum atomic E-state index is 11.7. The standard InChI is InChI=1S/C12H11IN2O3/c1-8(6-14)18-11(16)7-15-12(17)9-4-2-3-5-10(9)13/h2-5,8H,7H2,1H3,(H,15,17)/t8-/m1/s1. The third kappa shape index (κ3) is 4.33. The predicted octanol–water partition coefficient (Wildman–Crippen LogP) is 1.48. The molecule has 1 amide bonds. The van der Waals surface area contributed by atoms with Gasteiger partial charge in [0.2, 0.25) is 0 Å². The highest BCUT2D eigenvalue weighted by Gasteiger charge is 2.12. The van der Waals surface area contributed by atoms with E-state index in [-0.39, 0.29) is 12.5 Å². The van der Waals surface area contributed by atoms with Crippen LogP contribution in [0.3, 0.4) is 0 Å². The van der Waals surface area contributed by atoms with Crippen molar-refractivity contribution >= 4 is 34.5 Å². The summed E-state index contributed by atoms with van der Waals surface area (Å²) >= 11 is 2.04. The third-order valence-corrected chi connectivity index (χ3v) is 2.94. The number of ether oxygens (including phenoxy) is 1. The van der Waals surface area contributed by atoms with Crippen LogP contribution in [0, 0.1) is 14.9 Å². The Kier molecular flexibility index (Phi) is 5.58. The molecule has 0 aliphatic heterocycles. The molecule has 1 aromatic carbocycles. The van der Waals surface area contributed by atoms with Gasteiger partial charge in [-0.05, 0) is 41.6 Å². The average Bonchev–Trinajstić information content (AvgIpc) is 2.36. The fourth-order valence-electron chi connectivity index (χ4n) is 1.16. The molecule has 5 nitrogen and oxygen atoms in total. The van der Waals surface area contributed by atoms with Crippen LogP contribution in [0.15, 0.2) is 24.3 Å². The third-order valence-electron chi connectivity index (χ3n) is 2.00. The van der Waals surface area contributed by atoms with E-state index in [0.29, 0.717) is 5.56 Å². The van der Waals surface area contributed by atoms with Crippen LogP contribution in [0.1, 0.15) is 17.3 Å². The molecule has 0 aliphatic rings. The van der Waals surface area contributed by atoms with Crippen molar-refractivity contribution in [1.29, 1.82) is 5.26 Å². The van der Waals surface area contributed by atoms with E-state index < -0.39 is 12.1 Å². The lowest BCUT2D eigenvalue weighted by Gasteiger charge is -2.08. The summed E-state index contributed by atoms with van der Waals surface area (Å²) in [4.78, 5) is 23.0. The quantitative estimate of drug-likeness (QED) is 0.653. The van der Waals surface area contributed by atoms with Crippen LogP contribution in [0.25, 0.3) is 0 Å². The summed E-state index contributed by atoms with van der Waals surface area (Å²) in [7, 11) is 0. The maximum Gasteiger partial charge on any atom is 0.326 e. The van der Waals surface area contributed by atoms with Crippen molar-refractivity contribution in [2.45, 2.75) is 13.0 Å². The second-order valence-corrected chi connectivity index (χ2v) is 4.59. The number of amides is 1. The van der Waals surface area contributed by atoms with Crippen molar-refractivity contribution in [3.63, 3.8) is 0 Å². The van der Waals surface area contributed by atoms with E-state index in [4.69, 9.17) is 10.00 Å². The second kappa shape index (κ2) is 6.96. The van der Waals surface area contributed by atoms with Crippen molar-refractivity contribution in [2.24, 2.45) is 0 Å². The van der Waals surface area contributed by atoms with Gasteiger partial charge in [-0.2, -0.15) is 5.26 Å². The van der Waals surface area contributed by atoms with Crippen molar-refractivity contribution in [3.05, 3.63) is 33.4 Å². The maximum absolute atomic E-state index is 11.7. The molecule has 0 saturated heterocycles. The number of benzene rings is 1. The van der Waals surface area contributed by atoms with Crippen molar-refractivity contribution in [2.75, 3.05) is 6.54 Å². The average molecular weight is 358 g/mol. The molecule has 18 heavy (non-hydrogen) atoms. The van der Waals surface area contributed by atoms with Gasteiger partial charge in [0.25, 0.3) is 5.91 Å². The number of rotatable bonds is 4. The lowest BCUT2D eigenvalue weighted by Crippen LogP contribution is -2.32. The van der Waals surface area contributed by atoms with Gasteiger partial charge in [0, 0.05) is 3.57 Å². The van der Waals surface area contributed by atoms with Crippen molar-refractivity contribution in [3.8, 4) is 6.07 Å². The number of esters is 1. The van der Waals surface area contributed by atoms with Crippen LogP contribution >= 0.6 is 22.6 Å². The minimum atomic E-state index is -0.814. The molecule has 1 N–H and O–H groups in total. The fourth-order valence-corrected chi connectivity index (χ4v) is 1.79. The Balaban J connectivity index is 2.50. The van der Waals surface area contributed by atoms with E-state index in [0.717, 1.165) is 3.57 Å². The van der Waals surface area contributed by atoms with E-state index in [9.17, 15) is 9.59 Å². The first-order valence-electron chi connectivity index (χ1n) is 5.16. The molecular weight excluding hydrogens is 347 g/mol. The van der Waals surface area contributed by atoms with Gasteiger partial charge in [-0.15, -0.1) is 0 Å². The van der Waals surface area contributed by atoms with E-state index in [1.165, 1.54) is 6.92 Å². The smallest absolute Gasteiger partial charge is 0.326 e. The first-order chi connectivity index (χ1) is 8.54. The van der Waals surface area contributed by atoms with E-state index in [2.05, 4.69) is 5.32 Å². The van der Waals surface area contributed by atoms with Gasteiger partial charge < -0.3 is 10.1 Å². The zero-order valence-electron chi connectivity index (χ0n) is 9.64. The van der Waals surface area contributed by atoms with Gasteiger partial charge >= 0.3 is 5.97 Å². The minimum Gasteiger partial charge on any atom is -0.446 e. The first kappa shape index (κ1) is 14.4. The molecule has 0 bridgehead atoms. The van der Waals surface area contributed by atoms with Gasteiger partial charge in [-0.1, -0.05) is 12.1 Å². The Morgan fingerprint density at radius 3 is 2.78 bits per heavy atom. The first-order valence-corrected chi connectivity index (χ1v) is 6.24. The fraction of sp³-hybridized carbons (Fsp3) is 0.250. The van der Waals surface area contributed by atoms with Gasteiger partial charge in [0.15, 0.2) is 6.10 Å². The highest BCUT2D eigenvalue weighted by Crippen LogP contribution is 2.10. The molecule has 0 saturated carbocycles. The van der Waals surface area contributed by atoms with Crippen LogP contribution in [-0.4, -0.2) is 24.5 Å². The van der Waals surface area contributed by atoms with E-state index >= 15 is 0 Å². The Morgan fingerprint density at radius 1 is 1.50 bits per heavy atom. The molecule has 1 atom stereocenters. The number of carbonyl (C=O) groups is 2. The molecule has 0 unspecified atom stereocenters. The summed E-state index contributed by atoms with van der Waals surface area (Å²) in [6.45, 7) is 1.20. The Bertz CT molecular complexity index is 496. The number of halogens is 1. The number of hydrogen-bond acceptors (Lipinski definition) is 4. The monoisotopic (exact) mass is 358 g/mol. The Morgan fingerprint density at radius 2 is 2.17 bits per heavy atom. The largest absolute Gasteiger partial charge is 0.446 e. The van der Waals surface area contributed by atoms with E-state index in [1.54, 1.807) is 24.3 Å². The zero-order valence-corrected chi connectivity index (χ0v) is 11.8. The van der Waals surface area contributed by atoms with Crippen molar-refractivity contribution in [1.82, 2.24) is 5.32 Å². The van der Waals surface area contributed by atoms with Gasteiger partial charge in [-0.25, -0.2) is 0 Å². The van der Waals surface area contributed by atoms with Crippen LogP contribution in [0.2, 0.25) is 0 Å². The van der Waals surface area contributed by atoms with Gasteiger partial charge in [0.05, 0.1) is 5.56 Å². The van der Waals surface area contributed by atoms with Crippen LogP contribution < -0.4 is 5.32 Å². The summed E-state index contributed by atoms with van der Waals surface area (Å²) in [6, 6.07) is 8.80. The number of nitriles is 1. The number of carbonyl (C=O) groups excluding carboxylic acids is 2. The topological polar surface area (TPSA) is 79.2 Å². The number of hydrogen-bond donors (Lipinski definition) is 1. The lowest BCUT2D eigenvalue weighted by atomic mass is 10.2. The summed E-state index contributed by atoms with van der Waals surface area (Å²) < 4.78 is 5.50. The highest BCUT2D eigenvalue weighted by molar-refractivity contribution is 14.1. The predicted molar refractivity (Wildman–Crippen MR) is 72.7 cm³/mol. The molecule has 0 spiro atoms. The lowest BCUT2D eigenvalue weighted by molar-refractivity contribution is -0.144. The van der Waals surface area contributed by atoms with Gasteiger partial charge in [0.1, 0.15) is 12.6 Å². The second-order valence-electron chi connectivity index (χ2n) is 3.42. The number of nitrogens with zero attached hydrogens (tertiary/aromatic N) is 1. The summed E-state index contributed by atoms with van der Waals surface area (Å²) in [6.07, 6.45) is -0.814. The van der Waals surface area contributed by atoms with Crippen LogP contribution in [-0.2, 0) is 9.53 Å². The minimum absolute atomic E-state index is 0.254. The van der Waals surface area contributed by atoms with Crippen molar-refractivity contribution < 1.29 is 14.3 Å². The summed E-state index contributed by atoms with van der Waals surface area (Å²) in [5, 5.41) is 10.9. The highest BCUT2D eigenvalue weighted by atomic mass is 127. The zero-order chi connectivity index (χ0) is 13.5. The summed E-state index contributed by atoms with van der Waals surface area (Å²) in [5.41, 5.74) is 0.499. The SMILES string of the molecule is C[C@H](C#N)OC(=O)CNC(=O)c1ccccc1I.